The number of carbonyl (C=O) groups is 2. The number of methoxy groups -OCH3 is 2. The van der Waals surface area contributed by atoms with E-state index in [1.807, 2.05) is 32.0 Å². The highest BCUT2D eigenvalue weighted by Gasteiger charge is 2.19. The summed E-state index contributed by atoms with van der Waals surface area (Å²) in [5, 5.41) is 13.5. The summed E-state index contributed by atoms with van der Waals surface area (Å²) in [7, 11) is 3.06. The van der Waals surface area contributed by atoms with Crippen molar-refractivity contribution in [1.29, 1.82) is 0 Å². The molecule has 0 saturated heterocycles. The van der Waals surface area contributed by atoms with Gasteiger partial charge in [-0.25, -0.2) is 4.68 Å². The van der Waals surface area contributed by atoms with Gasteiger partial charge in [-0.1, -0.05) is 17.3 Å². The van der Waals surface area contributed by atoms with Crippen LogP contribution < -0.4 is 20.1 Å². The molecule has 0 aliphatic rings. The van der Waals surface area contributed by atoms with E-state index in [0.717, 1.165) is 11.1 Å². The maximum atomic E-state index is 12.7. The molecule has 0 bridgehead atoms. The normalized spacial score (nSPS) is 10.5. The van der Waals surface area contributed by atoms with Crippen molar-refractivity contribution in [2.45, 2.75) is 27.3 Å². The highest BCUT2D eigenvalue weighted by atomic mass is 16.5. The molecule has 9 heteroatoms. The van der Waals surface area contributed by atoms with Gasteiger partial charge in [0.2, 0.25) is 5.91 Å². The van der Waals surface area contributed by atoms with Crippen LogP contribution in [0.2, 0.25) is 0 Å². The molecule has 0 fully saturated rings. The van der Waals surface area contributed by atoms with Crippen LogP contribution in [0.5, 0.6) is 11.5 Å². The minimum absolute atomic E-state index is 0.0933. The van der Waals surface area contributed by atoms with Crippen molar-refractivity contribution in [3.63, 3.8) is 0 Å². The molecular weight excluding hydrogens is 398 g/mol. The zero-order valence-electron chi connectivity index (χ0n) is 18.1. The molecule has 2 N–H and O–H groups in total. The Kier molecular flexibility index (Phi) is 6.54. The Bertz CT molecular complexity index is 1120. The van der Waals surface area contributed by atoms with Crippen LogP contribution in [0.1, 0.15) is 27.3 Å². The Balaban J connectivity index is 1.69. The van der Waals surface area contributed by atoms with Crippen molar-refractivity contribution in [1.82, 2.24) is 15.0 Å². The van der Waals surface area contributed by atoms with Crippen molar-refractivity contribution in [3.8, 4) is 11.5 Å². The number of hydrogen-bond acceptors (Lipinski definition) is 6. The number of nitrogens with zero attached hydrogens (tertiary/aromatic N) is 3. The minimum Gasteiger partial charge on any atom is -0.493 e. The Morgan fingerprint density at radius 1 is 1.00 bits per heavy atom. The number of carbonyl (C=O) groups excluding carboxylic acids is 2. The molecule has 0 spiro atoms. The molecule has 1 heterocycles. The van der Waals surface area contributed by atoms with Crippen LogP contribution in [0.4, 0.5) is 11.4 Å². The number of aryl methyl sites for hydroxylation is 1. The molecule has 0 aliphatic heterocycles. The van der Waals surface area contributed by atoms with Gasteiger partial charge in [0.1, 0.15) is 6.54 Å². The fourth-order valence-electron chi connectivity index (χ4n) is 3.04. The van der Waals surface area contributed by atoms with Crippen LogP contribution in [-0.4, -0.2) is 41.0 Å². The quantitative estimate of drug-likeness (QED) is 0.605. The fraction of sp³-hybridized carbons (Fsp3) is 0.273. The Morgan fingerprint density at radius 2 is 1.74 bits per heavy atom. The molecular formula is C22H25N5O4. The lowest BCUT2D eigenvalue weighted by Gasteiger charge is -2.11. The number of benzene rings is 2. The molecule has 2 aromatic carbocycles. The molecule has 9 nitrogen and oxygen atoms in total. The number of rotatable bonds is 7. The Labute approximate surface area is 180 Å². The number of nitrogens with one attached hydrogen (secondary N) is 2. The smallest absolute Gasteiger partial charge is 0.278 e. The molecule has 31 heavy (non-hydrogen) atoms. The van der Waals surface area contributed by atoms with E-state index in [1.54, 1.807) is 25.1 Å². The molecule has 0 radical (unpaired) electrons. The van der Waals surface area contributed by atoms with Gasteiger partial charge in [-0.2, -0.15) is 0 Å². The largest absolute Gasteiger partial charge is 0.493 e. The first kappa shape index (κ1) is 21.8. The number of anilines is 2. The third kappa shape index (κ3) is 4.82. The highest BCUT2D eigenvalue weighted by Crippen LogP contribution is 2.29. The lowest BCUT2D eigenvalue weighted by molar-refractivity contribution is -0.117. The van der Waals surface area contributed by atoms with Crippen LogP contribution in [0.25, 0.3) is 0 Å². The summed E-state index contributed by atoms with van der Waals surface area (Å²) in [4.78, 5) is 25.1. The second-order valence-corrected chi connectivity index (χ2v) is 7.00. The second kappa shape index (κ2) is 9.29. The fourth-order valence-corrected chi connectivity index (χ4v) is 3.04. The van der Waals surface area contributed by atoms with Gasteiger partial charge in [-0.15, -0.1) is 5.10 Å². The molecule has 3 rings (SSSR count). The highest BCUT2D eigenvalue weighted by molar-refractivity contribution is 6.04. The van der Waals surface area contributed by atoms with Gasteiger partial charge in [0.25, 0.3) is 5.91 Å². The monoisotopic (exact) mass is 423 g/mol. The van der Waals surface area contributed by atoms with Gasteiger partial charge in [0, 0.05) is 17.4 Å². The first-order valence-corrected chi connectivity index (χ1v) is 9.63. The first-order chi connectivity index (χ1) is 14.8. The first-order valence-electron chi connectivity index (χ1n) is 9.63. The van der Waals surface area contributed by atoms with E-state index in [2.05, 4.69) is 20.9 Å². The van der Waals surface area contributed by atoms with Gasteiger partial charge >= 0.3 is 0 Å². The van der Waals surface area contributed by atoms with E-state index >= 15 is 0 Å². The van der Waals surface area contributed by atoms with Crippen molar-refractivity contribution in [2.24, 2.45) is 0 Å². The molecule has 0 aliphatic carbocycles. The van der Waals surface area contributed by atoms with Crippen LogP contribution >= 0.6 is 0 Å². The maximum Gasteiger partial charge on any atom is 0.278 e. The molecule has 0 atom stereocenters. The van der Waals surface area contributed by atoms with Crippen LogP contribution in [0.3, 0.4) is 0 Å². The molecule has 3 aromatic rings. The van der Waals surface area contributed by atoms with Gasteiger partial charge in [-0.05, 0) is 50.1 Å². The molecule has 0 saturated carbocycles. The van der Waals surface area contributed by atoms with Crippen LogP contribution in [-0.2, 0) is 11.3 Å². The number of amides is 2. The summed E-state index contributed by atoms with van der Waals surface area (Å²) < 4.78 is 11.8. The summed E-state index contributed by atoms with van der Waals surface area (Å²) in [6.07, 6.45) is 0. The summed E-state index contributed by atoms with van der Waals surface area (Å²) in [5.41, 5.74) is 3.98. The number of hydrogen-bond donors (Lipinski definition) is 2. The molecule has 162 valence electrons. The Morgan fingerprint density at radius 3 is 2.45 bits per heavy atom. The summed E-state index contributed by atoms with van der Waals surface area (Å²) in [6, 6.07) is 10.7. The third-order valence-electron chi connectivity index (χ3n) is 5.01. The molecule has 1 aromatic heterocycles. The predicted octanol–water partition coefficient (Wildman–Crippen LogP) is 3.11. The third-order valence-corrected chi connectivity index (χ3v) is 5.01. The van der Waals surface area contributed by atoms with Gasteiger partial charge < -0.3 is 20.1 Å². The predicted molar refractivity (Wildman–Crippen MR) is 117 cm³/mol. The van der Waals surface area contributed by atoms with Gasteiger partial charge in [-0.3, -0.25) is 9.59 Å². The molecule has 0 unspecified atom stereocenters. The summed E-state index contributed by atoms with van der Waals surface area (Å²) in [5.74, 6) is 0.370. The summed E-state index contributed by atoms with van der Waals surface area (Å²) >= 11 is 0. The lowest BCUT2D eigenvalue weighted by Crippen LogP contribution is -2.21. The van der Waals surface area contributed by atoms with E-state index in [9.17, 15) is 9.59 Å². The summed E-state index contributed by atoms with van der Waals surface area (Å²) in [6.45, 7) is 5.52. The average Bonchev–Trinajstić information content (AvgIpc) is 3.11. The van der Waals surface area contributed by atoms with Gasteiger partial charge in [0.05, 0.1) is 19.9 Å². The van der Waals surface area contributed by atoms with Crippen LogP contribution in [0, 0.1) is 20.8 Å². The van der Waals surface area contributed by atoms with E-state index < -0.39 is 0 Å². The van der Waals surface area contributed by atoms with Gasteiger partial charge in [0.15, 0.2) is 17.2 Å². The zero-order chi connectivity index (χ0) is 22.5. The number of aromatic nitrogens is 3. The van der Waals surface area contributed by atoms with Crippen LogP contribution in [0.15, 0.2) is 36.4 Å². The van der Waals surface area contributed by atoms with Crippen molar-refractivity contribution < 1.29 is 19.1 Å². The Hall–Kier alpha value is -3.88. The lowest BCUT2D eigenvalue weighted by atomic mass is 10.1. The van der Waals surface area contributed by atoms with Crippen molar-refractivity contribution in [2.75, 3.05) is 24.9 Å². The van der Waals surface area contributed by atoms with E-state index in [-0.39, 0.29) is 24.1 Å². The maximum absolute atomic E-state index is 12.7. The standard InChI is InChI=1S/C22H25N5O4/c1-13-7-6-8-17(14(13)2)24-22(29)21-15(3)27(26-25-21)12-20(28)23-16-9-10-18(30-4)19(11-16)31-5/h6-11H,12H2,1-5H3,(H,23,28)(H,24,29). The van der Waals surface area contributed by atoms with E-state index in [0.29, 0.717) is 28.6 Å². The van der Waals surface area contributed by atoms with E-state index in [1.165, 1.54) is 18.9 Å². The second-order valence-electron chi connectivity index (χ2n) is 7.00. The topological polar surface area (TPSA) is 107 Å². The van der Waals surface area contributed by atoms with Crippen molar-refractivity contribution >= 4 is 23.2 Å². The minimum atomic E-state index is -0.377. The average molecular weight is 423 g/mol. The number of ether oxygens (including phenoxy) is 2. The zero-order valence-corrected chi connectivity index (χ0v) is 18.1. The molecule has 2 amide bonds. The SMILES string of the molecule is COc1ccc(NC(=O)Cn2nnc(C(=O)Nc3cccc(C)c3C)c2C)cc1OC. The van der Waals surface area contributed by atoms with E-state index in [4.69, 9.17) is 9.47 Å². The van der Waals surface area contributed by atoms with Crippen molar-refractivity contribution in [3.05, 3.63) is 58.9 Å².